The number of fused-ring (bicyclic) bond motifs is 18. The molecule has 0 heterocycles. The van der Waals surface area contributed by atoms with Gasteiger partial charge in [-0.1, -0.05) is 326 Å². The van der Waals surface area contributed by atoms with Crippen molar-refractivity contribution in [2.45, 2.75) is 116 Å². The molecule has 0 unspecified atom stereocenters. The summed E-state index contributed by atoms with van der Waals surface area (Å²) in [5, 5.41) is 0. The van der Waals surface area contributed by atoms with Gasteiger partial charge in [-0.3, -0.25) is 0 Å². The zero-order chi connectivity index (χ0) is 77.4. The van der Waals surface area contributed by atoms with Crippen molar-refractivity contribution in [1.82, 2.24) is 0 Å². The topological polar surface area (TPSA) is 0 Å². The van der Waals surface area contributed by atoms with Gasteiger partial charge in [-0.2, -0.15) is 0 Å². The lowest BCUT2D eigenvalue weighted by atomic mass is 9.80. The van der Waals surface area contributed by atoms with E-state index >= 15 is 0 Å². The molecule has 0 amide bonds. The number of hydrogen-bond acceptors (Lipinski definition) is 0. The molecule has 22 rings (SSSR count). The molecule has 0 heteroatoms. The maximum absolute atomic E-state index is 2.50. The van der Waals surface area contributed by atoms with Gasteiger partial charge < -0.3 is 0 Å². The molecule has 0 aliphatic heterocycles. The summed E-state index contributed by atoms with van der Waals surface area (Å²) in [6, 6.07) is 127. The molecule has 546 valence electrons. The molecule has 0 atom stereocenters. The van der Waals surface area contributed by atoms with Gasteiger partial charge in [0.1, 0.15) is 0 Å². The van der Waals surface area contributed by atoms with Gasteiger partial charge >= 0.3 is 0 Å². The molecule has 0 radical (unpaired) electrons. The summed E-state index contributed by atoms with van der Waals surface area (Å²) in [5.41, 5.74) is 54.0. The van der Waals surface area contributed by atoms with Gasteiger partial charge in [0.05, 0.1) is 0 Å². The predicted molar refractivity (Wildman–Crippen MR) is 481 cm³/mol. The van der Waals surface area contributed by atoms with Crippen molar-refractivity contribution in [3.63, 3.8) is 0 Å². The van der Waals surface area contributed by atoms with E-state index in [9.17, 15) is 0 Å². The Balaban J connectivity index is 0.537. The van der Waals surface area contributed by atoms with Crippen LogP contribution in [0.1, 0.15) is 150 Å². The Labute approximate surface area is 672 Å². The van der Waals surface area contributed by atoms with Crippen LogP contribution in [0.5, 0.6) is 0 Å². The SMILES string of the molecule is CC1(C)c2ccccc2-c2ccc(-c3cc(-c4ccc5c(c4)C(C)(C)c4ccccc4-5)cc(-c4ccc5c(c4)C(C)(C)c4cc(-c6ccc(-c7ccc(-c8ccc9c(c8)C(C)(C)c8cc(-c%10cc(-c%11ccc%12c(c%11)C(C)(C)c%11ccccc%11-%12)cc(-c%11ccc%12c(c%11)C(C)(C)c%11ccccc%11-%12)c%10)ccc8-9)cc7)cc6)ccc4-5)c3)cc21. The van der Waals surface area contributed by atoms with Gasteiger partial charge in [0, 0.05) is 32.5 Å². The van der Waals surface area contributed by atoms with Crippen molar-refractivity contribution in [3.05, 3.63) is 394 Å². The normalized spacial score (nSPS) is 15.8. The molecule has 6 aliphatic rings. The fourth-order valence-electron chi connectivity index (χ4n) is 21.7. The van der Waals surface area contributed by atoms with E-state index in [0.29, 0.717) is 0 Å². The van der Waals surface area contributed by atoms with E-state index in [-0.39, 0.29) is 32.5 Å². The maximum atomic E-state index is 2.50. The second-order valence-corrected chi connectivity index (χ2v) is 36.8. The summed E-state index contributed by atoms with van der Waals surface area (Å²) in [4.78, 5) is 0. The first-order valence-corrected chi connectivity index (χ1v) is 41.1. The van der Waals surface area contributed by atoms with Crippen LogP contribution in [0, 0.1) is 0 Å². The fraction of sp³-hybridized carbons (Fsp3) is 0.158. The van der Waals surface area contributed by atoms with Crippen molar-refractivity contribution in [2.24, 2.45) is 0 Å². The van der Waals surface area contributed by atoms with Crippen LogP contribution in [0.3, 0.4) is 0 Å². The van der Waals surface area contributed by atoms with Gasteiger partial charge in [0.15, 0.2) is 0 Å². The van der Waals surface area contributed by atoms with Crippen molar-refractivity contribution in [2.75, 3.05) is 0 Å². The van der Waals surface area contributed by atoms with E-state index in [4.69, 9.17) is 0 Å². The van der Waals surface area contributed by atoms with Crippen LogP contribution >= 0.6 is 0 Å². The van der Waals surface area contributed by atoms with Gasteiger partial charge in [0.25, 0.3) is 0 Å². The lowest BCUT2D eigenvalue weighted by Gasteiger charge is -2.23. The Morgan fingerprint density at radius 1 is 0.105 bits per heavy atom. The summed E-state index contributed by atoms with van der Waals surface area (Å²) < 4.78 is 0. The fourth-order valence-corrected chi connectivity index (χ4v) is 21.7. The molecule has 0 nitrogen and oxygen atoms in total. The minimum absolute atomic E-state index is 0.103. The largest absolute Gasteiger partial charge is 0.0619 e. The number of rotatable bonds is 9. The standard InChI is InChI=1S/C114H90/c1-109(2)97-25-17-13-21-85(97)89-47-39-73(61-101(89)109)79-53-80(74-40-48-90-86-22-14-18-26-98(86)110(3,4)102(90)62-74)56-83(55-79)77-43-51-95-93-45-37-71(59-105(93)113(9,10)107(95)65-77)69-33-29-67(30-34-69)68-31-35-70(36-32-68)72-38-46-94-96-52-44-78(66-108(96)114(11,12)106(94)60-72)84-57-81(75-41-49-91-87-23-15-19-27-99(87)111(5,6)103(91)63-75)54-82(58-84)76-42-50-92-88-24-16-20-28-100(88)112(7,8)104(92)64-76/h13-66H,1-12H3. The first-order chi connectivity index (χ1) is 55.0. The van der Waals surface area contributed by atoms with E-state index in [1.807, 2.05) is 0 Å². The third-order valence-electron chi connectivity index (χ3n) is 28.3. The van der Waals surface area contributed by atoms with E-state index in [0.717, 1.165) is 0 Å². The monoisotopic (exact) mass is 1460 g/mol. The summed E-state index contributed by atoms with van der Waals surface area (Å²) in [7, 11) is 0. The third kappa shape index (κ3) is 9.95. The first kappa shape index (κ1) is 68.3. The van der Waals surface area contributed by atoms with Gasteiger partial charge in [0.2, 0.25) is 0 Å². The van der Waals surface area contributed by atoms with Crippen LogP contribution in [0.4, 0.5) is 0 Å². The highest BCUT2D eigenvalue weighted by Crippen LogP contribution is 2.58. The summed E-state index contributed by atoms with van der Waals surface area (Å²) in [6.07, 6.45) is 0. The number of hydrogen-bond donors (Lipinski definition) is 0. The number of benzene rings is 16. The van der Waals surface area contributed by atoms with Crippen LogP contribution in [0.15, 0.2) is 328 Å². The zero-order valence-corrected chi connectivity index (χ0v) is 67.2. The molecule has 0 aromatic heterocycles. The zero-order valence-electron chi connectivity index (χ0n) is 67.2. The van der Waals surface area contributed by atoms with Crippen LogP contribution in [0.2, 0.25) is 0 Å². The average Bonchev–Trinajstić information content (AvgIpc) is 1.56. The van der Waals surface area contributed by atoms with Crippen LogP contribution in [0.25, 0.3) is 167 Å². The van der Waals surface area contributed by atoms with Gasteiger partial charge in [-0.25, -0.2) is 0 Å². The maximum Gasteiger partial charge on any atom is 0.0159 e. The summed E-state index contributed by atoms with van der Waals surface area (Å²) >= 11 is 0. The van der Waals surface area contributed by atoms with E-state index in [1.54, 1.807) is 0 Å². The quantitative estimate of drug-likeness (QED) is 0.135. The molecule has 6 aliphatic carbocycles. The lowest BCUT2D eigenvalue weighted by Crippen LogP contribution is -2.15. The minimum Gasteiger partial charge on any atom is -0.0619 e. The van der Waals surface area contributed by atoms with E-state index in [1.165, 1.54) is 234 Å². The molecule has 0 spiro atoms. The van der Waals surface area contributed by atoms with Crippen LogP contribution < -0.4 is 0 Å². The molecule has 16 aromatic carbocycles. The Morgan fingerprint density at radius 2 is 0.228 bits per heavy atom. The molecular weight excluding hydrogens is 1370 g/mol. The highest BCUT2D eigenvalue weighted by Gasteiger charge is 2.42. The molecular formula is C114H90. The average molecular weight is 1460 g/mol. The molecule has 0 N–H and O–H groups in total. The molecule has 114 heavy (non-hydrogen) atoms. The van der Waals surface area contributed by atoms with E-state index < -0.39 is 0 Å². The first-order valence-electron chi connectivity index (χ1n) is 41.1. The lowest BCUT2D eigenvalue weighted by molar-refractivity contribution is 0.660. The van der Waals surface area contributed by atoms with Crippen molar-refractivity contribution < 1.29 is 0 Å². The second-order valence-electron chi connectivity index (χ2n) is 36.8. The predicted octanol–water partition coefficient (Wildman–Crippen LogP) is 30.5. The van der Waals surface area contributed by atoms with Crippen molar-refractivity contribution >= 4 is 0 Å². The molecule has 16 aromatic rings. The Hall–Kier alpha value is -12.5. The molecule has 0 saturated heterocycles. The van der Waals surface area contributed by atoms with Crippen LogP contribution in [-0.2, 0) is 32.5 Å². The van der Waals surface area contributed by atoms with Crippen molar-refractivity contribution in [3.8, 4) is 167 Å². The van der Waals surface area contributed by atoms with Gasteiger partial charge in [-0.05, 0) is 319 Å². The highest BCUT2D eigenvalue weighted by molar-refractivity contribution is 5.95. The molecule has 0 saturated carbocycles. The Kier molecular flexibility index (Phi) is 14.4. The smallest absolute Gasteiger partial charge is 0.0159 e. The third-order valence-corrected chi connectivity index (χ3v) is 28.3. The van der Waals surface area contributed by atoms with Crippen molar-refractivity contribution in [1.29, 1.82) is 0 Å². The minimum atomic E-state index is -0.228. The second kappa shape index (κ2) is 24.0. The van der Waals surface area contributed by atoms with Crippen LogP contribution in [-0.4, -0.2) is 0 Å². The highest BCUT2D eigenvalue weighted by atomic mass is 14.5. The molecule has 0 fully saturated rings. The summed E-state index contributed by atoms with van der Waals surface area (Å²) in [5.74, 6) is 0. The Morgan fingerprint density at radius 3 is 0.404 bits per heavy atom. The van der Waals surface area contributed by atoms with Gasteiger partial charge in [-0.15, -0.1) is 0 Å². The molecule has 0 bridgehead atoms. The summed E-state index contributed by atoms with van der Waals surface area (Å²) in [6.45, 7) is 28.8. The Bertz CT molecular complexity index is 6200. The van der Waals surface area contributed by atoms with E-state index in [2.05, 4.69) is 411 Å².